The zero-order valence-electron chi connectivity index (χ0n) is 11.0. The van der Waals surface area contributed by atoms with Crippen LogP contribution in [0.2, 0.25) is 0 Å². The van der Waals surface area contributed by atoms with E-state index in [4.69, 9.17) is 10.2 Å². The fourth-order valence-corrected chi connectivity index (χ4v) is 2.82. The number of hydrogen-bond donors (Lipinski definition) is 1. The second-order valence-electron chi connectivity index (χ2n) is 5.34. The van der Waals surface area contributed by atoms with E-state index in [0.29, 0.717) is 5.92 Å². The smallest absolute Gasteiger partial charge is 0.197 e. The summed E-state index contributed by atoms with van der Waals surface area (Å²) in [5.74, 6) is 3.29. The van der Waals surface area contributed by atoms with Crippen molar-refractivity contribution in [2.75, 3.05) is 6.54 Å². The van der Waals surface area contributed by atoms with Gasteiger partial charge in [0.25, 0.3) is 0 Å². The summed E-state index contributed by atoms with van der Waals surface area (Å²) in [5.41, 5.74) is 6.69. The number of oxazole rings is 1. The monoisotopic (exact) mass is 236 g/mol. The maximum atomic E-state index is 5.77. The van der Waals surface area contributed by atoms with E-state index >= 15 is 0 Å². The van der Waals surface area contributed by atoms with Crippen molar-refractivity contribution in [1.29, 1.82) is 0 Å². The molecule has 1 fully saturated rings. The molecule has 0 saturated heterocycles. The minimum Gasteiger partial charge on any atom is -0.445 e. The average Bonchev–Trinajstić information content (AvgIpc) is 2.54. The summed E-state index contributed by atoms with van der Waals surface area (Å²) in [6.07, 6.45) is 7.51. The molecule has 1 aliphatic carbocycles. The van der Waals surface area contributed by atoms with Gasteiger partial charge in [0, 0.05) is 5.92 Å². The lowest BCUT2D eigenvalue weighted by atomic mass is 9.95. The fourth-order valence-electron chi connectivity index (χ4n) is 2.82. The third-order valence-electron chi connectivity index (χ3n) is 4.06. The summed E-state index contributed by atoms with van der Waals surface area (Å²) in [6.45, 7) is 4.85. The first-order chi connectivity index (χ1) is 8.20. The Morgan fingerprint density at radius 3 is 2.71 bits per heavy atom. The van der Waals surface area contributed by atoms with E-state index in [-0.39, 0.29) is 0 Å². The zero-order valence-corrected chi connectivity index (χ0v) is 11.0. The molecule has 1 heterocycles. The Kier molecular flexibility index (Phi) is 4.21. The van der Waals surface area contributed by atoms with E-state index in [0.717, 1.165) is 29.8 Å². The Hall–Kier alpha value is -0.830. The van der Waals surface area contributed by atoms with E-state index in [1.54, 1.807) is 0 Å². The van der Waals surface area contributed by atoms with Crippen molar-refractivity contribution in [1.82, 2.24) is 4.98 Å². The van der Waals surface area contributed by atoms with E-state index in [1.807, 2.05) is 13.8 Å². The fraction of sp³-hybridized carbons (Fsp3) is 0.786. The maximum Gasteiger partial charge on any atom is 0.197 e. The van der Waals surface area contributed by atoms with Gasteiger partial charge in [-0.1, -0.05) is 12.8 Å². The molecule has 2 N–H and O–H groups in total. The van der Waals surface area contributed by atoms with Gasteiger partial charge in [0.1, 0.15) is 5.76 Å². The molecule has 96 valence electrons. The Labute approximate surface area is 104 Å². The Morgan fingerprint density at radius 2 is 2.06 bits per heavy atom. The van der Waals surface area contributed by atoms with Crippen molar-refractivity contribution in [2.45, 2.75) is 58.3 Å². The quantitative estimate of drug-likeness (QED) is 0.819. The van der Waals surface area contributed by atoms with Crippen molar-refractivity contribution in [3.05, 3.63) is 17.3 Å². The largest absolute Gasteiger partial charge is 0.445 e. The summed E-state index contributed by atoms with van der Waals surface area (Å²) < 4.78 is 5.77. The maximum absolute atomic E-state index is 5.77. The normalized spacial score (nSPS) is 25.8. The van der Waals surface area contributed by atoms with Crippen LogP contribution in [-0.2, 0) is 0 Å². The van der Waals surface area contributed by atoms with Crippen LogP contribution in [0.1, 0.15) is 61.8 Å². The van der Waals surface area contributed by atoms with Gasteiger partial charge in [0.2, 0.25) is 0 Å². The van der Waals surface area contributed by atoms with E-state index in [2.05, 4.69) is 4.98 Å². The standard InChI is InChI=1S/C14H24N2O/c1-10-11(2)17-14(16-10)13-5-3-4-12(6-7-13)8-9-15/h12-13H,3-9,15H2,1-2H3. The van der Waals surface area contributed by atoms with Crippen LogP contribution >= 0.6 is 0 Å². The van der Waals surface area contributed by atoms with Gasteiger partial charge in [-0.3, -0.25) is 0 Å². The van der Waals surface area contributed by atoms with Gasteiger partial charge in [-0.2, -0.15) is 0 Å². The first-order valence-corrected chi connectivity index (χ1v) is 6.84. The molecule has 1 aromatic rings. The van der Waals surface area contributed by atoms with E-state index in [1.165, 1.54) is 38.5 Å². The second kappa shape index (κ2) is 5.67. The van der Waals surface area contributed by atoms with Gasteiger partial charge in [-0.05, 0) is 52.0 Å². The topological polar surface area (TPSA) is 52.0 Å². The molecule has 1 saturated carbocycles. The average molecular weight is 236 g/mol. The molecular weight excluding hydrogens is 212 g/mol. The van der Waals surface area contributed by atoms with Crippen molar-refractivity contribution in [2.24, 2.45) is 11.7 Å². The van der Waals surface area contributed by atoms with Gasteiger partial charge >= 0.3 is 0 Å². The summed E-state index contributed by atoms with van der Waals surface area (Å²) in [6, 6.07) is 0. The minimum absolute atomic E-state index is 0.533. The van der Waals surface area contributed by atoms with Crippen LogP contribution in [0.5, 0.6) is 0 Å². The minimum atomic E-state index is 0.533. The third kappa shape index (κ3) is 3.09. The number of aryl methyl sites for hydroxylation is 2. The van der Waals surface area contributed by atoms with Crippen LogP contribution in [-0.4, -0.2) is 11.5 Å². The first-order valence-electron chi connectivity index (χ1n) is 6.84. The summed E-state index contributed by atoms with van der Waals surface area (Å²) in [7, 11) is 0. The van der Waals surface area contributed by atoms with Gasteiger partial charge in [0.15, 0.2) is 5.89 Å². The van der Waals surface area contributed by atoms with Gasteiger partial charge in [-0.15, -0.1) is 0 Å². The highest BCUT2D eigenvalue weighted by Gasteiger charge is 2.23. The van der Waals surface area contributed by atoms with E-state index < -0.39 is 0 Å². The molecule has 2 unspecified atom stereocenters. The second-order valence-corrected chi connectivity index (χ2v) is 5.34. The first kappa shape index (κ1) is 12.6. The molecular formula is C14H24N2O. The lowest BCUT2D eigenvalue weighted by Gasteiger charge is -2.12. The number of aromatic nitrogens is 1. The van der Waals surface area contributed by atoms with Gasteiger partial charge in [-0.25, -0.2) is 4.98 Å². The molecule has 2 atom stereocenters. The molecule has 0 spiro atoms. The highest BCUT2D eigenvalue weighted by molar-refractivity contribution is 5.08. The van der Waals surface area contributed by atoms with Crippen LogP contribution in [0.4, 0.5) is 0 Å². The van der Waals surface area contributed by atoms with Crippen LogP contribution in [0, 0.1) is 19.8 Å². The molecule has 2 rings (SSSR count). The van der Waals surface area contributed by atoms with Gasteiger partial charge in [0.05, 0.1) is 5.69 Å². The lowest BCUT2D eigenvalue weighted by Crippen LogP contribution is -2.08. The van der Waals surface area contributed by atoms with Crippen LogP contribution in [0.3, 0.4) is 0 Å². The van der Waals surface area contributed by atoms with Crippen LogP contribution < -0.4 is 5.73 Å². The van der Waals surface area contributed by atoms with Crippen LogP contribution in [0.15, 0.2) is 4.42 Å². The van der Waals surface area contributed by atoms with Crippen molar-refractivity contribution < 1.29 is 4.42 Å². The number of nitrogens with two attached hydrogens (primary N) is 1. The Balaban J connectivity index is 1.98. The molecule has 0 aromatic carbocycles. The molecule has 1 aromatic heterocycles. The predicted molar refractivity (Wildman–Crippen MR) is 69.0 cm³/mol. The Morgan fingerprint density at radius 1 is 1.24 bits per heavy atom. The number of nitrogens with zero attached hydrogens (tertiary/aromatic N) is 1. The number of rotatable bonds is 3. The van der Waals surface area contributed by atoms with Gasteiger partial charge < -0.3 is 10.2 Å². The van der Waals surface area contributed by atoms with Crippen molar-refractivity contribution >= 4 is 0 Å². The summed E-state index contributed by atoms with van der Waals surface area (Å²) in [5, 5.41) is 0. The zero-order chi connectivity index (χ0) is 12.3. The third-order valence-corrected chi connectivity index (χ3v) is 4.06. The summed E-state index contributed by atoms with van der Waals surface area (Å²) >= 11 is 0. The molecule has 0 radical (unpaired) electrons. The SMILES string of the molecule is Cc1nc(C2CCCC(CCN)CC2)oc1C. The molecule has 0 amide bonds. The summed E-state index contributed by atoms with van der Waals surface area (Å²) in [4.78, 5) is 4.56. The van der Waals surface area contributed by atoms with E-state index in [9.17, 15) is 0 Å². The predicted octanol–water partition coefficient (Wildman–Crippen LogP) is 3.30. The van der Waals surface area contributed by atoms with Crippen LogP contribution in [0.25, 0.3) is 0 Å². The molecule has 0 bridgehead atoms. The molecule has 3 nitrogen and oxygen atoms in total. The highest BCUT2D eigenvalue weighted by Crippen LogP contribution is 2.35. The van der Waals surface area contributed by atoms with Crippen molar-refractivity contribution in [3.8, 4) is 0 Å². The molecule has 3 heteroatoms. The highest BCUT2D eigenvalue weighted by atomic mass is 16.4. The Bertz CT molecular complexity index is 340. The lowest BCUT2D eigenvalue weighted by molar-refractivity contribution is 0.395. The van der Waals surface area contributed by atoms with Crippen molar-refractivity contribution in [3.63, 3.8) is 0 Å². The molecule has 17 heavy (non-hydrogen) atoms. The molecule has 1 aliphatic rings. The molecule has 0 aliphatic heterocycles. The number of hydrogen-bond acceptors (Lipinski definition) is 3.